The molecule has 49 heavy (non-hydrogen) atoms. The average Bonchev–Trinajstić information content (AvgIpc) is 3.53. The van der Waals surface area contributed by atoms with Gasteiger partial charge in [0, 0.05) is 11.1 Å². The number of hydrogen-bond donors (Lipinski definition) is 0. The third kappa shape index (κ3) is 4.74. The molecule has 6 heteroatoms. The van der Waals surface area contributed by atoms with Gasteiger partial charge in [-0.1, -0.05) is 60.7 Å². The van der Waals surface area contributed by atoms with Crippen LogP contribution in [0, 0.1) is 0 Å². The maximum atomic E-state index is 6.78. The molecule has 0 N–H and O–H groups in total. The van der Waals surface area contributed by atoms with Crippen LogP contribution in [-0.4, -0.2) is 31.1 Å². The summed E-state index contributed by atoms with van der Waals surface area (Å²) in [4.78, 5) is 14.8. The third-order valence-electron chi connectivity index (χ3n) is 11.0. The van der Waals surface area contributed by atoms with E-state index in [0.29, 0.717) is 17.5 Å². The summed E-state index contributed by atoms with van der Waals surface area (Å²) in [6, 6.07) is 49.6. The second-order valence-electron chi connectivity index (χ2n) is 14.8. The van der Waals surface area contributed by atoms with Crippen LogP contribution in [0.1, 0.15) is 0 Å². The molecule has 0 fully saturated rings. The average molecular weight is 668 g/mol. The monoisotopic (exact) mass is 667 g/mol. The molecule has 1 aliphatic rings. The summed E-state index contributed by atoms with van der Waals surface area (Å²) >= 11 is 0. The van der Waals surface area contributed by atoms with Crippen LogP contribution in [0.4, 0.5) is 0 Å². The number of para-hydroxylation sites is 1. The van der Waals surface area contributed by atoms with E-state index in [1.54, 1.807) is 20.7 Å². The molecule has 1 aliphatic heterocycles. The molecule has 0 amide bonds. The molecule has 240 valence electrons. The molecule has 2 aromatic heterocycles. The summed E-state index contributed by atoms with van der Waals surface area (Å²) in [6.45, 7) is 10.2. The van der Waals surface area contributed by atoms with Crippen molar-refractivity contribution >= 4 is 58.8 Å². The molecule has 0 spiro atoms. The number of aromatic nitrogens is 3. The fourth-order valence-corrected chi connectivity index (χ4v) is 20.0. The van der Waals surface area contributed by atoms with Crippen LogP contribution in [0.25, 0.3) is 67.2 Å². The van der Waals surface area contributed by atoms with Crippen molar-refractivity contribution < 1.29 is 4.42 Å². The molecule has 0 bridgehead atoms. The molecule has 0 atom stereocenters. The van der Waals surface area contributed by atoms with Gasteiger partial charge in [-0.05, 0) is 0 Å². The first-order valence-corrected chi connectivity index (χ1v) is 24.3. The number of nitrogens with zero attached hydrogens (tertiary/aromatic N) is 3. The molecular weight excluding hydrogens is 631 g/mol. The minimum absolute atomic E-state index is 0.617. The Morgan fingerprint density at radius 3 is 1.57 bits per heavy atom. The van der Waals surface area contributed by atoms with Crippen molar-refractivity contribution in [3.05, 3.63) is 140 Å². The van der Waals surface area contributed by atoms with E-state index in [9.17, 15) is 0 Å². The maximum absolute atomic E-state index is 6.78. The molecule has 9 rings (SSSR count). The van der Waals surface area contributed by atoms with Crippen LogP contribution >= 0.6 is 0 Å². The number of rotatable bonds is 4. The molecule has 4 nitrogen and oxygen atoms in total. The second-order valence-corrected chi connectivity index (χ2v) is 24.8. The van der Waals surface area contributed by atoms with Crippen LogP contribution < -0.4 is 20.7 Å². The molecule has 0 saturated heterocycles. The Bertz CT molecular complexity index is 2500. The Balaban J connectivity index is 1.18. The van der Waals surface area contributed by atoms with Crippen molar-refractivity contribution in [1.29, 1.82) is 0 Å². The zero-order valence-electron chi connectivity index (χ0n) is 28.2. The number of hydrogen-bond acceptors (Lipinski definition) is 4. The van der Waals surface area contributed by atoms with E-state index in [-0.39, 0.29) is 0 Å². The van der Waals surface area contributed by atoms with Crippen molar-refractivity contribution in [3.8, 4) is 45.3 Å². The Hall–Kier alpha value is -5.44. The second kappa shape index (κ2) is 11.1. The SMILES string of the molecule is C[SiH-]1(C)c2ccccc2[SiH-](C)(C)c2cc(-c3cccc4c3oc3cc(-c5nc(-c6ccccc6)nc(-c6ccccc6)n5)ccc34)ccc21. The topological polar surface area (TPSA) is 51.8 Å². The molecule has 0 unspecified atom stereocenters. The Kier molecular flexibility index (Phi) is 6.70. The minimum atomic E-state index is -2.26. The Labute approximate surface area is 288 Å². The molecule has 0 saturated carbocycles. The number of fused-ring (bicyclic) bond motifs is 5. The Morgan fingerprint density at radius 1 is 0.408 bits per heavy atom. The summed E-state index contributed by atoms with van der Waals surface area (Å²) in [5.41, 5.74) is 6.88. The van der Waals surface area contributed by atoms with Gasteiger partial charge in [-0.3, -0.25) is 0 Å². The quantitative estimate of drug-likeness (QED) is 0.179. The van der Waals surface area contributed by atoms with E-state index in [0.717, 1.165) is 44.2 Å². The van der Waals surface area contributed by atoms with E-state index in [2.05, 4.69) is 105 Å². The zero-order chi connectivity index (χ0) is 33.3. The van der Waals surface area contributed by atoms with Gasteiger partial charge in [-0.25, -0.2) is 4.98 Å². The predicted octanol–water partition coefficient (Wildman–Crippen LogP) is 7.86. The van der Waals surface area contributed by atoms with E-state index in [4.69, 9.17) is 19.4 Å². The van der Waals surface area contributed by atoms with Gasteiger partial charge in [0.05, 0.1) is 0 Å². The van der Waals surface area contributed by atoms with Crippen LogP contribution in [0.3, 0.4) is 0 Å². The van der Waals surface area contributed by atoms with E-state index >= 15 is 0 Å². The molecule has 3 heterocycles. The standard InChI is InChI=1S/C43H37N3OSi2/c1-48(2)36-20-11-12-21-37(36)49(3,4)39-27-30(23-25-38(39)48)32-18-13-19-34-33-24-22-31(26-35(33)47-40(32)34)43-45-41(28-14-7-5-8-15-28)44-42(46-43)29-16-9-6-10-17-29/h5-27,48-49H,1-4H3/q-2. The predicted molar refractivity (Wildman–Crippen MR) is 212 cm³/mol. The van der Waals surface area contributed by atoms with Gasteiger partial charge in [0.1, 0.15) is 0 Å². The fourth-order valence-electron chi connectivity index (χ4n) is 8.29. The van der Waals surface area contributed by atoms with E-state index < -0.39 is 16.1 Å². The van der Waals surface area contributed by atoms with Crippen molar-refractivity contribution in [1.82, 2.24) is 15.0 Å². The molecule has 6 aromatic carbocycles. The van der Waals surface area contributed by atoms with Crippen molar-refractivity contribution in [2.45, 2.75) is 26.2 Å². The summed E-state index contributed by atoms with van der Waals surface area (Å²) < 4.78 is 6.78. The van der Waals surface area contributed by atoms with Crippen LogP contribution in [0.15, 0.2) is 144 Å². The van der Waals surface area contributed by atoms with Gasteiger partial charge >= 0.3 is 212 Å². The van der Waals surface area contributed by atoms with Gasteiger partial charge in [-0.15, -0.1) is 0 Å². The number of benzene rings is 6. The van der Waals surface area contributed by atoms with Crippen molar-refractivity contribution in [2.24, 2.45) is 0 Å². The van der Waals surface area contributed by atoms with Gasteiger partial charge in [0.2, 0.25) is 0 Å². The van der Waals surface area contributed by atoms with E-state index in [1.165, 1.54) is 5.56 Å². The van der Waals surface area contributed by atoms with Crippen molar-refractivity contribution in [2.75, 3.05) is 0 Å². The Morgan fingerprint density at radius 2 is 0.939 bits per heavy atom. The normalized spacial score (nSPS) is 15.8. The first-order chi connectivity index (χ1) is 23.8. The summed E-state index contributed by atoms with van der Waals surface area (Å²) in [5, 5.41) is 8.70. The van der Waals surface area contributed by atoms with Gasteiger partial charge in [-0.2, -0.15) is 0 Å². The van der Waals surface area contributed by atoms with Gasteiger partial charge in [0.25, 0.3) is 0 Å². The summed E-state index contributed by atoms with van der Waals surface area (Å²) in [6.07, 6.45) is 0. The van der Waals surface area contributed by atoms with Crippen molar-refractivity contribution in [3.63, 3.8) is 0 Å². The molecule has 8 aromatic rings. The zero-order valence-corrected chi connectivity index (χ0v) is 30.5. The van der Waals surface area contributed by atoms with Gasteiger partial charge in [0.15, 0.2) is 0 Å². The summed E-state index contributed by atoms with van der Waals surface area (Å²) in [7, 11) is -4.42. The first-order valence-electron chi connectivity index (χ1n) is 17.3. The van der Waals surface area contributed by atoms with Crippen LogP contribution in [0.2, 0.25) is 26.2 Å². The van der Waals surface area contributed by atoms with E-state index in [1.807, 2.05) is 60.7 Å². The number of furan rings is 1. The molecule has 0 radical (unpaired) electrons. The van der Waals surface area contributed by atoms with Crippen LogP contribution in [0.5, 0.6) is 0 Å². The summed E-state index contributed by atoms with van der Waals surface area (Å²) in [5.74, 6) is 1.90. The van der Waals surface area contributed by atoms with Gasteiger partial charge < -0.3 is 0 Å². The first kappa shape index (κ1) is 29.7. The fraction of sp³-hybridized carbons (Fsp3) is 0.0930. The molecule has 0 aliphatic carbocycles. The molecular formula is C43H37N3OSi2-2. The third-order valence-corrected chi connectivity index (χ3v) is 19.9. The van der Waals surface area contributed by atoms with Crippen LogP contribution in [-0.2, 0) is 0 Å².